The molecule has 5 heteroatoms. The number of methoxy groups -OCH3 is 1. The van der Waals surface area contributed by atoms with E-state index in [2.05, 4.69) is 5.32 Å². The van der Waals surface area contributed by atoms with Gasteiger partial charge >= 0.3 is 0 Å². The Morgan fingerprint density at radius 1 is 1.60 bits per heavy atom. The lowest BCUT2D eigenvalue weighted by Gasteiger charge is -2.13. The van der Waals surface area contributed by atoms with E-state index in [1.807, 2.05) is 0 Å². The summed E-state index contributed by atoms with van der Waals surface area (Å²) in [6.07, 6.45) is 0. The highest BCUT2D eigenvalue weighted by atomic mass is 19.1. The molecule has 1 amide bonds. The van der Waals surface area contributed by atoms with E-state index < -0.39 is 17.8 Å². The first-order valence-corrected chi connectivity index (χ1v) is 4.44. The minimum Gasteiger partial charge on any atom is -0.497 e. The second-order valence-corrected chi connectivity index (χ2v) is 3.11. The van der Waals surface area contributed by atoms with Gasteiger partial charge in [0.2, 0.25) is 5.91 Å². The van der Waals surface area contributed by atoms with E-state index in [0.717, 1.165) is 0 Å². The lowest BCUT2D eigenvalue weighted by atomic mass is 10.2. The summed E-state index contributed by atoms with van der Waals surface area (Å²) in [4.78, 5) is 10.8. The molecule has 0 aromatic heterocycles. The standard InChI is InChI=1S/C10H13FN2O2/c1-6(10(12)14)13-9-5-7(15-2)3-4-8(9)11/h3-6,13H,1-2H3,(H2,12,14). The van der Waals surface area contributed by atoms with Crippen LogP contribution >= 0.6 is 0 Å². The van der Waals surface area contributed by atoms with Crippen LogP contribution in [0, 0.1) is 5.82 Å². The molecule has 0 aliphatic rings. The smallest absolute Gasteiger partial charge is 0.239 e. The number of ether oxygens (including phenoxy) is 1. The molecule has 1 aromatic carbocycles. The van der Waals surface area contributed by atoms with Gasteiger partial charge in [-0.2, -0.15) is 0 Å². The number of carbonyl (C=O) groups is 1. The number of primary amides is 1. The highest BCUT2D eigenvalue weighted by Crippen LogP contribution is 2.21. The van der Waals surface area contributed by atoms with Gasteiger partial charge in [-0.3, -0.25) is 4.79 Å². The summed E-state index contributed by atoms with van der Waals surface area (Å²) in [5.74, 6) is -0.489. The van der Waals surface area contributed by atoms with Crippen LogP contribution in [0.1, 0.15) is 6.92 Å². The second-order valence-electron chi connectivity index (χ2n) is 3.11. The normalized spacial score (nSPS) is 11.9. The van der Waals surface area contributed by atoms with E-state index >= 15 is 0 Å². The van der Waals surface area contributed by atoms with Gasteiger partial charge in [0.25, 0.3) is 0 Å². The lowest BCUT2D eigenvalue weighted by molar-refractivity contribution is -0.118. The topological polar surface area (TPSA) is 64.3 Å². The van der Waals surface area contributed by atoms with Gasteiger partial charge in [0.1, 0.15) is 17.6 Å². The summed E-state index contributed by atoms with van der Waals surface area (Å²) in [6, 6.07) is 3.59. The zero-order valence-electron chi connectivity index (χ0n) is 8.58. The maximum atomic E-state index is 13.3. The van der Waals surface area contributed by atoms with Gasteiger partial charge in [-0.15, -0.1) is 0 Å². The number of benzene rings is 1. The number of anilines is 1. The van der Waals surface area contributed by atoms with Gasteiger partial charge in [0, 0.05) is 6.07 Å². The molecular formula is C10H13FN2O2. The van der Waals surface area contributed by atoms with Crippen LogP contribution in [-0.2, 0) is 4.79 Å². The average Bonchev–Trinajstić information content (AvgIpc) is 2.21. The zero-order valence-corrected chi connectivity index (χ0v) is 8.58. The van der Waals surface area contributed by atoms with E-state index in [0.29, 0.717) is 5.75 Å². The summed E-state index contributed by atoms with van der Waals surface area (Å²) in [5, 5.41) is 2.65. The second kappa shape index (κ2) is 4.63. The van der Waals surface area contributed by atoms with Gasteiger partial charge in [-0.1, -0.05) is 0 Å². The largest absolute Gasteiger partial charge is 0.497 e. The molecular weight excluding hydrogens is 199 g/mol. The van der Waals surface area contributed by atoms with Crippen molar-refractivity contribution in [2.24, 2.45) is 5.73 Å². The molecule has 0 heterocycles. The third kappa shape index (κ3) is 2.83. The molecule has 1 aromatic rings. The molecule has 0 bridgehead atoms. The molecule has 0 saturated carbocycles. The quantitative estimate of drug-likeness (QED) is 0.786. The van der Waals surface area contributed by atoms with Crippen LogP contribution in [0.3, 0.4) is 0 Å². The first-order valence-electron chi connectivity index (χ1n) is 4.44. The Labute approximate surface area is 87.2 Å². The third-order valence-electron chi connectivity index (χ3n) is 1.97. The molecule has 0 aliphatic carbocycles. The van der Waals surface area contributed by atoms with Crippen LogP contribution < -0.4 is 15.8 Å². The van der Waals surface area contributed by atoms with E-state index in [-0.39, 0.29) is 5.69 Å². The van der Waals surface area contributed by atoms with Gasteiger partial charge in [-0.05, 0) is 19.1 Å². The molecule has 0 spiro atoms. The van der Waals surface area contributed by atoms with Crippen molar-refractivity contribution in [3.8, 4) is 5.75 Å². The van der Waals surface area contributed by atoms with Crippen LogP contribution in [0.15, 0.2) is 18.2 Å². The van der Waals surface area contributed by atoms with Crippen molar-refractivity contribution < 1.29 is 13.9 Å². The van der Waals surface area contributed by atoms with Crippen LogP contribution in [0.25, 0.3) is 0 Å². The van der Waals surface area contributed by atoms with Crippen molar-refractivity contribution in [3.63, 3.8) is 0 Å². The molecule has 1 atom stereocenters. The van der Waals surface area contributed by atoms with Gasteiger partial charge in [-0.25, -0.2) is 4.39 Å². The van der Waals surface area contributed by atoms with Crippen LogP contribution in [-0.4, -0.2) is 19.1 Å². The van der Waals surface area contributed by atoms with Crippen molar-refractivity contribution in [1.29, 1.82) is 0 Å². The van der Waals surface area contributed by atoms with Crippen molar-refractivity contribution >= 4 is 11.6 Å². The van der Waals surface area contributed by atoms with E-state index in [9.17, 15) is 9.18 Å². The van der Waals surface area contributed by atoms with E-state index in [1.54, 1.807) is 6.92 Å². The van der Waals surface area contributed by atoms with Crippen LogP contribution in [0.2, 0.25) is 0 Å². The summed E-state index contributed by atoms with van der Waals surface area (Å²) >= 11 is 0. The summed E-state index contributed by atoms with van der Waals surface area (Å²) in [5.41, 5.74) is 5.24. The predicted octanol–water partition coefficient (Wildman–Crippen LogP) is 1.12. The fourth-order valence-corrected chi connectivity index (χ4v) is 1.05. The predicted molar refractivity (Wildman–Crippen MR) is 55.2 cm³/mol. The molecule has 0 fully saturated rings. The monoisotopic (exact) mass is 212 g/mol. The van der Waals surface area contributed by atoms with Crippen LogP contribution in [0.4, 0.5) is 10.1 Å². The zero-order chi connectivity index (χ0) is 11.4. The highest BCUT2D eigenvalue weighted by Gasteiger charge is 2.11. The molecule has 15 heavy (non-hydrogen) atoms. The van der Waals surface area contributed by atoms with Gasteiger partial charge < -0.3 is 15.8 Å². The number of rotatable bonds is 4. The number of hydrogen-bond acceptors (Lipinski definition) is 3. The molecule has 3 N–H and O–H groups in total. The maximum Gasteiger partial charge on any atom is 0.239 e. The first kappa shape index (κ1) is 11.3. The molecule has 0 saturated heterocycles. The third-order valence-corrected chi connectivity index (χ3v) is 1.97. The molecule has 82 valence electrons. The summed E-state index contributed by atoms with van der Waals surface area (Å²) in [7, 11) is 1.48. The Morgan fingerprint density at radius 3 is 2.80 bits per heavy atom. The summed E-state index contributed by atoms with van der Waals surface area (Å²) < 4.78 is 18.2. The van der Waals surface area contributed by atoms with Crippen molar-refractivity contribution in [1.82, 2.24) is 0 Å². The number of amides is 1. The molecule has 1 unspecified atom stereocenters. The number of halogens is 1. The fraction of sp³-hybridized carbons (Fsp3) is 0.300. The van der Waals surface area contributed by atoms with E-state index in [1.165, 1.54) is 25.3 Å². The minimum atomic E-state index is -0.633. The number of carbonyl (C=O) groups excluding carboxylic acids is 1. The van der Waals surface area contributed by atoms with Gasteiger partial charge in [0.05, 0.1) is 12.8 Å². The molecule has 4 nitrogen and oxygen atoms in total. The van der Waals surface area contributed by atoms with Crippen LogP contribution in [0.5, 0.6) is 5.75 Å². The first-order chi connectivity index (χ1) is 7.04. The fourth-order valence-electron chi connectivity index (χ4n) is 1.05. The molecule has 1 rings (SSSR count). The van der Waals surface area contributed by atoms with Gasteiger partial charge in [0.15, 0.2) is 0 Å². The number of nitrogens with two attached hydrogens (primary N) is 1. The Morgan fingerprint density at radius 2 is 2.27 bits per heavy atom. The molecule has 0 aliphatic heterocycles. The van der Waals surface area contributed by atoms with Crippen molar-refractivity contribution in [3.05, 3.63) is 24.0 Å². The minimum absolute atomic E-state index is 0.195. The average molecular weight is 212 g/mol. The molecule has 0 radical (unpaired) electrons. The number of hydrogen-bond donors (Lipinski definition) is 2. The maximum absolute atomic E-state index is 13.3. The summed E-state index contributed by atoms with van der Waals surface area (Å²) in [6.45, 7) is 1.56. The Bertz CT molecular complexity index is 368. The Hall–Kier alpha value is -1.78. The Balaban J connectivity index is 2.88. The number of nitrogens with one attached hydrogen (secondary N) is 1. The lowest BCUT2D eigenvalue weighted by Crippen LogP contribution is -2.32. The SMILES string of the molecule is COc1ccc(F)c(NC(C)C(N)=O)c1. The van der Waals surface area contributed by atoms with E-state index in [4.69, 9.17) is 10.5 Å². The Kier molecular flexibility index (Phi) is 3.49. The van der Waals surface area contributed by atoms with Crippen molar-refractivity contribution in [2.75, 3.05) is 12.4 Å². The highest BCUT2D eigenvalue weighted by molar-refractivity contribution is 5.82. The van der Waals surface area contributed by atoms with Crippen molar-refractivity contribution in [2.45, 2.75) is 13.0 Å².